The van der Waals surface area contributed by atoms with Crippen LogP contribution in [0.4, 0.5) is 4.79 Å². The number of piperazine rings is 1. The molecule has 2 N–H and O–H groups in total. The molecule has 2 fully saturated rings. The molecule has 0 bridgehead atoms. The second kappa shape index (κ2) is 4.71. The van der Waals surface area contributed by atoms with Crippen LogP contribution in [0.3, 0.4) is 0 Å². The maximum Gasteiger partial charge on any atom is 0.328 e. The van der Waals surface area contributed by atoms with Gasteiger partial charge in [0.05, 0.1) is 0 Å². The summed E-state index contributed by atoms with van der Waals surface area (Å²) in [6.07, 6.45) is 1.78. The zero-order valence-corrected chi connectivity index (χ0v) is 11.2. The lowest BCUT2D eigenvalue weighted by Gasteiger charge is -2.40. The van der Waals surface area contributed by atoms with Gasteiger partial charge in [-0.1, -0.05) is 0 Å². The fraction of sp³-hybridized carbons (Fsp3) is 0.750. The third-order valence-corrected chi connectivity index (χ3v) is 3.85. The Hall–Kier alpha value is -1.79. The number of nitrogens with zero attached hydrogens (tertiary/aromatic N) is 2. The number of hydrogen-bond acceptors (Lipinski definition) is 3. The summed E-state index contributed by atoms with van der Waals surface area (Å²) in [6, 6.07) is -1.34. The van der Waals surface area contributed by atoms with Crippen molar-refractivity contribution in [2.75, 3.05) is 19.6 Å². The molecule has 0 aromatic carbocycles. The van der Waals surface area contributed by atoms with Gasteiger partial charge in [-0.3, -0.25) is 9.69 Å². The van der Waals surface area contributed by atoms with Crippen LogP contribution in [0.2, 0.25) is 0 Å². The van der Waals surface area contributed by atoms with Gasteiger partial charge in [-0.05, 0) is 26.7 Å². The number of likely N-dealkylation sites (tertiary alicyclic amines) is 1. The van der Waals surface area contributed by atoms with Crippen molar-refractivity contribution in [3.05, 3.63) is 0 Å². The summed E-state index contributed by atoms with van der Waals surface area (Å²) in [5, 5.41) is 11.6. The number of carbonyl (C=O) groups excluding carboxylic acids is 2. The van der Waals surface area contributed by atoms with Crippen molar-refractivity contribution < 1.29 is 19.5 Å². The summed E-state index contributed by atoms with van der Waals surface area (Å²) >= 11 is 0. The number of carboxylic acids is 1. The lowest BCUT2D eigenvalue weighted by atomic mass is 10.0. The summed E-state index contributed by atoms with van der Waals surface area (Å²) in [6.45, 7) is 4.29. The highest BCUT2D eigenvalue weighted by molar-refractivity contribution is 5.90. The quantitative estimate of drug-likeness (QED) is 0.693. The van der Waals surface area contributed by atoms with Gasteiger partial charge < -0.3 is 15.3 Å². The average molecular weight is 269 g/mol. The fourth-order valence-electron chi connectivity index (χ4n) is 2.68. The molecule has 2 aliphatic heterocycles. The van der Waals surface area contributed by atoms with Crippen molar-refractivity contribution >= 4 is 17.9 Å². The van der Waals surface area contributed by atoms with Crippen LogP contribution in [0, 0.1) is 0 Å². The monoisotopic (exact) mass is 269 g/mol. The van der Waals surface area contributed by atoms with Crippen LogP contribution in [0.1, 0.15) is 26.7 Å². The SMILES string of the molecule is CC1(C)CCCN1C(=O)N1CC(=O)NCC1C(=O)O. The Morgan fingerprint density at radius 3 is 2.63 bits per heavy atom. The van der Waals surface area contributed by atoms with Crippen molar-refractivity contribution in [1.29, 1.82) is 0 Å². The molecular weight excluding hydrogens is 250 g/mol. The first kappa shape index (κ1) is 13.6. The Kier molecular flexibility index (Phi) is 3.38. The molecule has 7 nitrogen and oxygen atoms in total. The van der Waals surface area contributed by atoms with Gasteiger partial charge in [0.15, 0.2) is 0 Å². The van der Waals surface area contributed by atoms with Crippen molar-refractivity contribution in [2.45, 2.75) is 38.3 Å². The second-order valence-corrected chi connectivity index (χ2v) is 5.64. The van der Waals surface area contributed by atoms with E-state index in [2.05, 4.69) is 5.32 Å². The molecule has 2 rings (SSSR count). The van der Waals surface area contributed by atoms with Gasteiger partial charge in [0.2, 0.25) is 5.91 Å². The lowest BCUT2D eigenvalue weighted by Crippen LogP contribution is -2.63. The van der Waals surface area contributed by atoms with Crippen LogP contribution in [-0.4, -0.2) is 64.0 Å². The number of amides is 3. The Bertz CT molecular complexity index is 421. The molecular formula is C12H19N3O4. The molecule has 19 heavy (non-hydrogen) atoms. The molecule has 0 aromatic rings. The van der Waals surface area contributed by atoms with Gasteiger partial charge in [-0.15, -0.1) is 0 Å². The highest BCUT2D eigenvalue weighted by Gasteiger charge is 2.42. The minimum Gasteiger partial charge on any atom is -0.480 e. The van der Waals surface area contributed by atoms with Crippen LogP contribution in [0.15, 0.2) is 0 Å². The highest BCUT2D eigenvalue weighted by Crippen LogP contribution is 2.29. The third kappa shape index (κ3) is 2.50. The highest BCUT2D eigenvalue weighted by atomic mass is 16.4. The molecule has 106 valence electrons. The second-order valence-electron chi connectivity index (χ2n) is 5.64. The minimum absolute atomic E-state index is 0.0336. The molecule has 0 spiro atoms. The number of nitrogens with one attached hydrogen (secondary N) is 1. The number of carboxylic acid groups (broad SMARTS) is 1. The van der Waals surface area contributed by atoms with E-state index < -0.39 is 12.0 Å². The summed E-state index contributed by atoms with van der Waals surface area (Å²) in [5.74, 6) is -1.41. The van der Waals surface area contributed by atoms with Gasteiger partial charge in [0.1, 0.15) is 12.6 Å². The standard InChI is InChI=1S/C12H19N3O4/c1-12(2)4-3-5-15(12)11(19)14-7-9(16)13-6-8(14)10(17)18/h8H,3-7H2,1-2H3,(H,13,16)(H,17,18). The Labute approximate surface area is 111 Å². The summed E-state index contributed by atoms with van der Waals surface area (Å²) in [7, 11) is 0. The third-order valence-electron chi connectivity index (χ3n) is 3.85. The van der Waals surface area contributed by atoms with E-state index in [-0.39, 0.29) is 30.6 Å². The van der Waals surface area contributed by atoms with Crippen molar-refractivity contribution in [1.82, 2.24) is 15.1 Å². The number of carbonyl (C=O) groups is 3. The smallest absolute Gasteiger partial charge is 0.328 e. The van der Waals surface area contributed by atoms with E-state index >= 15 is 0 Å². The fourth-order valence-corrected chi connectivity index (χ4v) is 2.68. The summed E-state index contributed by atoms with van der Waals surface area (Å²) < 4.78 is 0. The van der Waals surface area contributed by atoms with E-state index in [1.54, 1.807) is 4.90 Å². The molecule has 0 saturated carbocycles. The summed E-state index contributed by atoms with van der Waals surface area (Å²) in [5.41, 5.74) is -0.284. The predicted octanol–water partition coefficient (Wildman–Crippen LogP) is -0.134. The van der Waals surface area contributed by atoms with Gasteiger partial charge in [-0.2, -0.15) is 0 Å². The van der Waals surface area contributed by atoms with E-state index in [1.165, 1.54) is 0 Å². The Balaban J connectivity index is 2.19. The molecule has 1 unspecified atom stereocenters. The van der Waals surface area contributed by atoms with Gasteiger partial charge in [0.25, 0.3) is 0 Å². The average Bonchev–Trinajstić information content (AvgIpc) is 2.67. The van der Waals surface area contributed by atoms with E-state index in [4.69, 9.17) is 5.11 Å². The normalized spacial score (nSPS) is 26.2. The van der Waals surface area contributed by atoms with Crippen LogP contribution in [-0.2, 0) is 9.59 Å². The van der Waals surface area contributed by atoms with Crippen molar-refractivity contribution in [3.63, 3.8) is 0 Å². The first-order chi connectivity index (χ1) is 8.83. The predicted molar refractivity (Wildman–Crippen MR) is 66.6 cm³/mol. The van der Waals surface area contributed by atoms with E-state index in [1.807, 2.05) is 13.8 Å². The molecule has 1 atom stereocenters. The van der Waals surface area contributed by atoms with Gasteiger partial charge in [0, 0.05) is 18.6 Å². The van der Waals surface area contributed by atoms with Crippen molar-refractivity contribution in [2.24, 2.45) is 0 Å². The maximum absolute atomic E-state index is 12.5. The Morgan fingerprint density at radius 2 is 2.11 bits per heavy atom. The van der Waals surface area contributed by atoms with E-state index in [0.717, 1.165) is 17.7 Å². The molecule has 3 amide bonds. The van der Waals surface area contributed by atoms with Crippen LogP contribution in [0.25, 0.3) is 0 Å². The minimum atomic E-state index is -1.09. The van der Waals surface area contributed by atoms with Crippen LogP contribution >= 0.6 is 0 Å². The van der Waals surface area contributed by atoms with Crippen molar-refractivity contribution in [3.8, 4) is 0 Å². The Morgan fingerprint density at radius 1 is 1.42 bits per heavy atom. The molecule has 2 aliphatic rings. The zero-order chi connectivity index (χ0) is 14.2. The van der Waals surface area contributed by atoms with Crippen LogP contribution < -0.4 is 5.32 Å². The lowest BCUT2D eigenvalue weighted by molar-refractivity contribution is -0.144. The number of rotatable bonds is 1. The van der Waals surface area contributed by atoms with E-state index in [9.17, 15) is 14.4 Å². The molecule has 0 aromatic heterocycles. The first-order valence-electron chi connectivity index (χ1n) is 6.41. The van der Waals surface area contributed by atoms with Gasteiger partial charge >= 0.3 is 12.0 Å². The topological polar surface area (TPSA) is 90.0 Å². The molecule has 2 heterocycles. The molecule has 2 saturated heterocycles. The zero-order valence-electron chi connectivity index (χ0n) is 11.2. The number of hydrogen-bond donors (Lipinski definition) is 2. The largest absolute Gasteiger partial charge is 0.480 e. The van der Waals surface area contributed by atoms with Gasteiger partial charge in [-0.25, -0.2) is 9.59 Å². The molecule has 0 aliphatic carbocycles. The van der Waals surface area contributed by atoms with Crippen LogP contribution in [0.5, 0.6) is 0 Å². The number of aliphatic carboxylic acids is 1. The molecule has 0 radical (unpaired) electrons. The summed E-state index contributed by atoms with van der Waals surface area (Å²) in [4.78, 5) is 37.9. The molecule has 7 heteroatoms. The van der Waals surface area contributed by atoms with E-state index in [0.29, 0.717) is 6.54 Å². The maximum atomic E-state index is 12.5. The number of urea groups is 1. The first-order valence-corrected chi connectivity index (χ1v) is 6.41.